The fourth-order valence-corrected chi connectivity index (χ4v) is 2.58. The summed E-state index contributed by atoms with van der Waals surface area (Å²) in [5, 5.41) is 9.36. The average molecular weight is 379 g/mol. The van der Waals surface area contributed by atoms with Crippen molar-refractivity contribution in [3.8, 4) is 22.8 Å². The van der Waals surface area contributed by atoms with Crippen LogP contribution >= 0.6 is 0 Å². The molecular formula is C22H21NO5. The van der Waals surface area contributed by atoms with Gasteiger partial charge in [0.1, 0.15) is 19.0 Å². The summed E-state index contributed by atoms with van der Waals surface area (Å²) in [6.45, 7) is 1.18. The third kappa shape index (κ3) is 5.31. The molecule has 0 saturated heterocycles. The predicted octanol–water partition coefficient (Wildman–Crippen LogP) is 4.05. The van der Waals surface area contributed by atoms with Crippen molar-refractivity contribution in [2.75, 3.05) is 20.3 Å². The maximum absolute atomic E-state index is 11.4. The van der Waals surface area contributed by atoms with Crippen LogP contribution in [-0.2, 0) is 11.3 Å². The van der Waals surface area contributed by atoms with Crippen LogP contribution in [0.1, 0.15) is 15.9 Å². The molecule has 0 aliphatic heterocycles. The van der Waals surface area contributed by atoms with Crippen molar-refractivity contribution in [1.82, 2.24) is 4.98 Å². The van der Waals surface area contributed by atoms with Crippen LogP contribution in [0.3, 0.4) is 0 Å². The number of rotatable bonds is 9. The molecule has 6 heteroatoms. The minimum absolute atomic E-state index is 0.148. The van der Waals surface area contributed by atoms with E-state index in [0.29, 0.717) is 37.0 Å². The van der Waals surface area contributed by atoms with Crippen LogP contribution in [0.25, 0.3) is 11.1 Å². The van der Waals surface area contributed by atoms with Crippen molar-refractivity contribution in [2.24, 2.45) is 0 Å². The fraction of sp³-hybridized carbons (Fsp3) is 0.182. The van der Waals surface area contributed by atoms with Gasteiger partial charge in [-0.05, 0) is 35.4 Å². The molecule has 144 valence electrons. The van der Waals surface area contributed by atoms with E-state index in [1.54, 1.807) is 31.5 Å². The molecule has 0 saturated carbocycles. The van der Waals surface area contributed by atoms with E-state index in [1.165, 1.54) is 6.07 Å². The normalized spacial score (nSPS) is 10.5. The number of methoxy groups -OCH3 is 1. The van der Waals surface area contributed by atoms with Crippen molar-refractivity contribution < 1.29 is 24.1 Å². The number of aromatic carboxylic acids is 1. The molecule has 0 atom stereocenters. The van der Waals surface area contributed by atoms with E-state index in [1.807, 2.05) is 36.4 Å². The number of benzene rings is 2. The molecule has 0 radical (unpaired) electrons. The van der Waals surface area contributed by atoms with Crippen molar-refractivity contribution in [3.63, 3.8) is 0 Å². The van der Waals surface area contributed by atoms with Crippen LogP contribution in [0.15, 0.2) is 66.9 Å². The van der Waals surface area contributed by atoms with E-state index in [9.17, 15) is 9.90 Å². The smallest absolute Gasteiger partial charge is 0.335 e. The summed E-state index contributed by atoms with van der Waals surface area (Å²) in [6.07, 6.45) is 1.65. The maximum Gasteiger partial charge on any atom is 0.335 e. The number of aromatic nitrogens is 1. The van der Waals surface area contributed by atoms with Crippen molar-refractivity contribution in [2.45, 2.75) is 6.61 Å². The second-order valence-corrected chi connectivity index (χ2v) is 6.05. The Kier molecular flexibility index (Phi) is 6.59. The summed E-state index contributed by atoms with van der Waals surface area (Å²) < 4.78 is 16.2. The molecule has 1 heterocycles. The zero-order chi connectivity index (χ0) is 19.8. The van der Waals surface area contributed by atoms with Gasteiger partial charge in [0.2, 0.25) is 5.88 Å². The number of carboxylic acids is 1. The molecule has 6 nitrogen and oxygen atoms in total. The van der Waals surface area contributed by atoms with Gasteiger partial charge in [-0.15, -0.1) is 0 Å². The first-order valence-electron chi connectivity index (χ1n) is 8.79. The van der Waals surface area contributed by atoms with Crippen molar-refractivity contribution >= 4 is 5.97 Å². The van der Waals surface area contributed by atoms with Crippen LogP contribution in [0.2, 0.25) is 0 Å². The van der Waals surface area contributed by atoms with Crippen LogP contribution in [0.5, 0.6) is 11.6 Å². The van der Waals surface area contributed by atoms with Crippen LogP contribution < -0.4 is 9.47 Å². The lowest BCUT2D eigenvalue weighted by Crippen LogP contribution is -2.05. The summed E-state index contributed by atoms with van der Waals surface area (Å²) >= 11 is 0. The maximum atomic E-state index is 11.4. The Morgan fingerprint density at radius 3 is 2.46 bits per heavy atom. The van der Waals surface area contributed by atoms with E-state index in [0.717, 1.165) is 11.1 Å². The standard InChI is InChI=1S/C22H21NO5/c1-26-9-10-27-20-12-18(11-19(13-20)22(24)25)17-7-8-21(23-14-17)28-15-16-5-3-2-4-6-16/h2-8,11-14H,9-10,15H2,1H3,(H,24,25). The predicted molar refractivity (Wildman–Crippen MR) is 105 cm³/mol. The van der Waals surface area contributed by atoms with Gasteiger partial charge in [-0.1, -0.05) is 30.3 Å². The zero-order valence-corrected chi connectivity index (χ0v) is 15.5. The number of hydrogen-bond donors (Lipinski definition) is 1. The minimum atomic E-state index is -1.02. The number of carbonyl (C=O) groups is 1. The molecular weight excluding hydrogens is 358 g/mol. The summed E-state index contributed by atoms with van der Waals surface area (Å²) in [7, 11) is 1.58. The van der Waals surface area contributed by atoms with Crippen LogP contribution in [-0.4, -0.2) is 36.4 Å². The van der Waals surface area contributed by atoms with Gasteiger partial charge in [0.05, 0.1) is 12.2 Å². The molecule has 0 aliphatic carbocycles. The molecule has 2 aromatic carbocycles. The van der Waals surface area contributed by atoms with E-state index in [2.05, 4.69) is 4.98 Å². The molecule has 0 aliphatic rings. The first kappa shape index (κ1) is 19.4. The molecule has 1 N–H and O–H groups in total. The first-order valence-corrected chi connectivity index (χ1v) is 8.79. The Bertz CT molecular complexity index is 910. The zero-order valence-electron chi connectivity index (χ0n) is 15.5. The Morgan fingerprint density at radius 1 is 0.964 bits per heavy atom. The largest absolute Gasteiger partial charge is 0.491 e. The van der Waals surface area contributed by atoms with Crippen molar-refractivity contribution in [1.29, 1.82) is 0 Å². The Hall–Kier alpha value is -3.38. The van der Waals surface area contributed by atoms with Gasteiger partial charge in [0.25, 0.3) is 0 Å². The van der Waals surface area contributed by atoms with Gasteiger partial charge in [0.15, 0.2) is 0 Å². The fourth-order valence-electron chi connectivity index (χ4n) is 2.58. The molecule has 3 rings (SSSR count). The Labute approximate surface area is 163 Å². The number of hydrogen-bond acceptors (Lipinski definition) is 5. The van der Waals surface area contributed by atoms with Gasteiger partial charge < -0.3 is 19.3 Å². The lowest BCUT2D eigenvalue weighted by atomic mass is 10.0. The molecule has 0 bridgehead atoms. The third-order valence-corrected chi connectivity index (χ3v) is 4.01. The van der Waals surface area contributed by atoms with Gasteiger partial charge in [0, 0.05) is 24.9 Å². The highest BCUT2D eigenvalue weighted by molar-refractivity contribution is 5.90. The molecule has 1 aromatic heterocycles. The Morgan fingerprint density at radius 2 is 1.79 bits per heavy atom. The Balaban J connectivity index is 1.75. The van der Waals surface area contributed by atoms with E-state index in [4.69, 9.17) is 14.2 Å². The van der Waals surface area contributed by atoms with E-state index >= 15 is 0 Å². The molecule has 0 amide bonds. The second-order valence-electron chi connectivity index (χ2n) is 6.05. The molecule has 0 fully saturated rings. The van der Waals surface area contributed by atoms with Gasteiger partial charge >= 0.3 is 5.97 Å². The van der Waals surface area contributed by atoms with E-state index < -0.39 is 5.97 Å². The highest BCUT2D eigenvalue weighted by Crippen LogP contribution is 2.27. The van der Waals surface area contributed by atoms with Gasteiger partial charge in [-0.2, -0.15) is 0 Å². The highest BCUT2D eigenvalue weighted by atomic mass is 16.5. The summed E-state index contributed by atoms with van der Waals surface area (Å²) in [5.41, 5.74) is 2.68. The topological polar surface area (TPSA) is 77.9 Å². The first-order chi connectivity index (χ1) is 13.7. The van der Waals surface area contributed by atoms with Crippen LogP contribution in [0, 0.1) is 0 Å². The average Bonchev–Trinajstić information content (AvgIpc) is 2.73. The molecule has 3 aromatic rings. The van der Waals surface area contributed by atoms with Gasteiger partial charge in [-0.3, -0.25) is 0 Å². The summed E-state index contributed by atoms with van der Waals surface area (Å²) in [5.74, 6) is -0.0517. The molecule has 0 spiro atoms. The third-order valence-electron chi connectivity index (χ3n) is 4.01. The summed E-state index contributed by atoms with van der Waals surface area (Å²) in [4.78, 5) is 15.7. The number of carboxylic acid groups (broad SMARTS) is 1. The van der Waals surface area contributed by atoms with Crippen LogP contribution in [0.4, 0.5) is 0 Å². The van der Waals surface area contributed by atoms with E-state index in [-0.39, 0.29) is 5.56 Å². The quantitative estimate of drug-likeness (QED) is 0.565. The lowest BCUT2D eigenvalue weighted by molar-refractivity contribution is 0.0696. The summed E-state index contributed by atoms with van der Waals surface area (Å²) in [6, 6.07) is 18.3. The van der Waals surface area contributed by atoms with Gasteiger partial charge in [-0.25, -0.2) is 9.78 Å². The number of pyridine rings is 1. The minimum Gasteiger partial charge on any atom is -0.491 e. The number of nitrogens with zero attached hydrogens (tertiary/aromatic N) is 1. The SMILES string of the molecule is COCCOc1cc(C(=O)O)cc(-c2ccc(OCc3ccccc3)nc2)c1. The second kappa shape index (κ2) is 9.53. The number of ether oxygens (including phenoxy) is 3. The monoisotopic (exact) mass is 379 g/mol. The van der Waals surface area contributed by atoms with Crippen molar-refractivity contribution in [3.05, 3.63) is 78.0 Å². The molecule has 0 unspecified atom stereocenters. The lowest BCUT2D eigenvalue weighted by Gasteiger charge is -2.10. The molecule has 28 heavy (non-hydrogen) atoms. The highest BCUT2D eigenvalue weighted by Gasteiger charge is 2.10.